The van der Waals surface area contributed by atoms with Gasteiger partial charge < -0.3 is 24.8 Å². The summed E-state index contributed by atoms with van der Waals surface area (Å²) in [6.07, 6.45) is -0.732. The molecule has 0 amide bonds. The van der Waals surface area contributed by atoms with Gasteiger partial charge >= 0.3 is 6.16 Å². The number of hydrogen-bond donors (Lipinski definition) is 3. The molecule has 7 aromatic rings. The van der Waals surface area contributed by atoms with Crippen molar-refractivity contribution < 1.29 is 29.6 Å². The van der Waals surface area contributed by atoms with Crippen molar-refractivity contribution in [1.29, 1.82) is 0 Å². The molecule has 0 fully saturated rings. The van der Waals surface area contributed by atoms with Crippen LogP contribution in [-0.4, -0.2) is 27.1 Å². The fourth-order valence-corrected chi connectivity index (χ4v) is 9.77. The van der Waals surface area contributed by atoms with Crippen LogP contribution in [0.2, 0.25) is 0 Å². The van der Waals surface area contributed by atoms with Crippen LogP contribution in [0, 0.1) is 83.1 Å². The molecule has 0 saturated heterocycles. The summed E-state index contributed by atoms with van der Waals surface area (Å²) in [6.45, 7) is 29.5. The molecule has 0 aliphatic heterocycles. The summed E-state index contributed by atoms with van der Waals surface area (Å²) < 4.78 is 11.4. The van der Waals surface area contributed by atoms with Crippen LogP contribution < -0.4 is 4.74 Å². The first kappa shape index (κ1) is 48.2. The van der Waals surface area contributed by atoms with Crippen LogP contribution in [0.4, 0.5) is 4.79 Å². The van der Waals surface area contributed by atoms with Crippen LogP contribution >= 0.6 is 0 Å². The molecule has 0 aliphatic rings. The number of aromatic hydroxyl groups is 3. The topological polar surface area (TPSA) is 96.2 Å². The molecule has 1 atom stereocenters. The van der Waals surface area contributed by atoms with Gasteiger partial charge in [-0.05, 0) is 232 Å². The molecule has 1 unspecified atom stereocenters. The van der Waals surface area contributed by atoms with Crippen LogP contribution in [0.1, 0.15) is 133 Å². The van der Waals surface area contributed by atoms with Gasteiger partial charge in [0.25, 0.3) is 0 Å². The molecule has 0 bridgehead atoms. The molecule has 0 saturated carbocycles. The van der Waals surface area contributed by atoms with E-state index < -0.39 is 11.8 Å². The first-order valence-corrected chi connectivity index (χ1v) is 23.2. The minimum Gasteiger partial charge on any atom is -0.507 e. The first-order chi connectivity index (χ1) is 31.5. The van der Waals surface area contributed by atoms with Crippen molar-refractivity contribution in [3.05, 3.63) is 197 Å². The minimum absolute atomic E-state index is 0.114. The number of phenolic OH excluding ortho intramolecular Hbond substituents is 3. The summed E-state index contributed by atoms with van der Waals surface area (Å²) >= 11 is 0. The third-order valence-electron chi connectivity index (χ3n) is 14.2. The van der Waals surface area contributed by atoms with E-state index in [1.807, 2.05) is 76.2 Å². The second-order valence-electron chi connectivity index (χ2n) is 19.8. The second kappa shape index (κ2) is 18.5. The van der Waals surface area contributed by atoms with Gasteiger partial charge in [0, 0.05) is 11.8 Å². The molecule has 3 N–H and O–H groups in total. The summed E-state index contributed by atoms with van der Waals surface area (Å²) in [5, 5.41) is 32.7. The van der Waals surface area contributed by atoms with E-state index in [4.69, 9.17) is 9.47 Å². The zero-order chi connectivity index (χ0) is 49.0. The Kier molecular flexibility index (Phi) is 13.3. The average Bonchev–Trinajstić information content (AvgIpc) is 3.29. The van der Waals surface area contributed by atoms with E-state index in [2.05, 4.69) is 125 Å². The zero-order valence-corrected chi connectivity index (χ0v) is 42.0. The van der Waals surface area contributed by atoms with Crippen LogP contribution in [0.3, 0.4) is 0 Å². The Morgan fingerprint density at radius 2 is 0.746 bits per heavy atom. The Hall–Kier alpha value is -6.79. The van der Waals surface area contributed by atoms with Crippen molar-refractivity contribution >= 4 is 6.16 Å². The third-order valence-corrected chi connectivity index (χ3v) is 14.2. The predicted molar refractivity (Wildman–Crippen MR) is 274 cm³/mol. The third kappa shape index (κ3) is 9.32. The Balaban J connectivity index is 1.26. The van der Waals surface area contributed by atoms with Gasteiger partial charge in [0.05, 0.1) is 0 Å². The van der Waals surface area contributed by atoms with E-state index >= 15 is 0 Å². The Morgan fingerprint density at radius 3 is 1.09 bits per heavy atom. The Morgan fingerprint density at radius 1 is 0.418 bits per heavy atom. The molecular weight excluding hydrogens is 829 g/mol. The standard InChI is InChI=1S/C61H66O6/c1-32-27-50(36(5)40(9)56(32)62)54(51-28-33(2)57(63)41(10)37(51)6)46-23-19-44(20-24-46)48-17-16-18-49(31-48)45-21-25-47(26-22-45)55(52-29-34(3)58(64)42(11)38(52)7)53-30-35(4)59(43(12)39(53)8)66-60(65)67-61(13,14)15/h16-31,54-55,62-64H,1-15H3. The van der Waals surface area contributed by atoms with Crippen molar-refractivity contribution in [3.63, 3.8) is 0 Å². The van der Waals surface area contributed by atoms with Gasteiger partial charge in [-0.3, -0.25) is 0 Å². The molecule has 0 spiro atoms. The van der Waals surface area contributed by atoms with Gasteiger partial charge in [-0.1, -0.05) is 91.0 Å². The Labute approximate surface area is 397 Å². The van der Waals surface area contributed by atoms with Gasteiger partial charge in [-0.25, -0.2) is 4.79 Å². The summed E-state index contributed by atoms with van der Waals surface area (Å²) in [6, 6.07) is 34.7. The van der Waals surface area contributed by atoms with Gasteiger partial charge in [0.15, 0.2) is 0 Å². The van der Waals surface area contributed by atoms with Crippen molar-refractivity contribution in [3.8, 4) is 45.3 Å². The SMILES string of the molecule is Cc1cc(C(c2ccc(-c3cccc(-c4ccc(C(c5cc(C)c(O)c(C)c5C)c5cc(C)c(OC(=O)OC(C)(C)C)c(C)c5C)cc4)c3)cc2)c2cc(C)c(O)c(C)c2C)c(C)c(C)c1O. The van der Waals surface area contributed by atoms with Gasteiger partial charge in [0.1, 0.15) is 28.6 Å². The number of carbonyl (C=O) groups excluding carboxylic acids is 1. The Bertz CT molecular complexity index is 2990. The minimum atomic E-state index is -0.732. The highest BCUT2D eigenvalue weighted by atomic mass is 16.7. The average molecular weight is 895 g/mol. The van der Waals surface area contributed by atoms with Crippen LogP contribution in [0.25, 0.3) is 22.3 Å². The molecule has 0 aromatic heterocycles. The van der Waals surface area contributed by atoms with Crippen molar-refractivity contribution in [2.24, 2.45) is 0 Å². The molecule has 0 radical (unpaired) electrons. The number of benzene rings is 7. The zero-order valence-electron chi connectivity index (χ0n) is 42.0. The van der Waals surface area contributed by atoms with Gasteiger partial charge in [0.2, 0.25) is 0 Å². The lowest BCUT2D eigenvalue weighted by atomic mass is 9.78. The van der Waals surface area contributed by atoms with Crippen molar-refractivity contribution in [1.82, 2.24) is 0 Å². The van der Waals surface area contributed by atoms with E-state index in [0.717, 1.165) is 122 Å². The fourth-order valence-electron chi connectivity index (χ4n) is 9.77. The quantitative estimate of drug-likeness (QED) is 0.0759. The summed E-state index contributed by atoms with van der Waals surface area (Å²) in [4.78, 5) is 12.8. The maximum absolute atomic E-state index is 12.8. The summed E-state index contributed by atoms with van der Waals surface area (Å²) in [5.74, 6) is 1.18. The molecule has 6 nitrogen and oxygen atoms in total. The molecule has 7 rings (SSSR count). The monoisotopic (exact) mass is 894 g/mol. The molecule has 0 aliphatic carbocycles. The molecule has 0 heterocycles. The van der Waals surface area contributed by atoms with E-state index in [-0.39, 0.29) is 11.8 Å². The number of hydrogen-bond acceptors (Lipinski definition) is 6. The lowest BCUT2D eigenvalue weighted by molar-refractivity contribution is 0.0203. The maximum Gasteiger partial charge on any atom is 0.514 e. The lowest BCUT2D eigenvalue weighted by Crippen LogP contribution is -2.26. The van der Waals surface area contributed by atoms with Crippen molar-refractivity contribution in [2.75, 3.05) is 0 Å². The lowest BCUT2D eigenvalue weighted by Gasteiger charge is -2.27. The molecule has 67 heavy (non-hydrogen) atoms. The molecule has 6 heteroatoms. The number of rotatable bonds is 9. The van der Waals surface area contributed by atoms with Crippen LogP contribution in [-0.2, 0) is 4.74 Å². The maximum atomic E-state index is 12.8. The predicted octanol–water partition coefficient (Wildman–Crippen LogP) is 15.5. The molecular formula is C61H66O6. The highest BCUT2D eigenvalue weighted by Crippen LogP contribution is 2.45. The number of phenols is 3. The largest absolute Gasteiger partial charge is 0.514 e. The van der Waals surface area contributed by atoms with E-state index in [9.17, 15) is 20.1 Å². The first-order valence-electron chi connectivity index (χ1n) is 23.2. The normalized spacial score (nSPS) is 12.1. The van der Waals surface area contributed by atoms with Crippen LogP contribution in [0.5, 0.6) is 23.0 Å². The number of aryl methyl sites for hydroxylation is 4. The molecule has 346 valence electrons. The smallest absolute Gasteiger partial charge is 0.507 e. The highest BCUT2D eigenvalue weighted by molar-refractivity contribution is 5.74. The fraction of sp³-hybridized carbons (Fsp3) is 0.295. The summed E-state index contributed by atoms with van der Waals surface area (Å²) in [7, 11) is 0. The van der Waals surface area contributed by atoms with E-state index in [1.165, 1.54) is 0 Å². The van der Waals surface area contributed by atoms with E-state index in [1.54, 1.807) is 0 Å². The van der Waals surface area contributed by atoms with Gasteiger partial charge in [-0.15, -0.1) is 0 Å². The highest BCUT2D eigenvalue weighted by Gasteiger charge is 2.28. The van der Waals surface area contributed by atoms with Crippen molar-refractivity contribution in [2.45, 2.75) is 121 Å². The second-order valence-corrected chi connectivity index (χ2v) is 19.8. The van der Waals surface area contributed by atoms with E-state index in [0.29, 0.717) is 23.0 Å². The van der Waals surface area contributed by atoms with Crippen LogP contribution in [0.15, 0.2) is 97.1 Å². The number of carbonyl (C=O) groups is 1. The number of ether oxygens (including phenoxy) is 2. The molecule has 7 aromatic carbocycles. The van der Waals surface area contributed by atoms with Gasteiger partial charge in [-0.2, -0.15) is 0 Å². The summed E-state index contributed by atoms with van der Waals surface area (Å²) in [5.41, 5.74) is 21.3.